The SMILES string of the molecule is O=C(Nc1ccccc1)/C(=C/c1ccc(C(=O)NO)cc1)COc1ccc2oc3ccccc3c2c1. The van der Waals surface area contributed by atoms with Crippen LogP contribution in [0.5, 0.6) is 5.75 Å². The van der Waals surface area contributed by atoms with E-state index in [1.807, 2.05) is 54.6 Å². The first-order chi connectivity index (χ1) is 17.6. The maximum absolute atomic E-state index is 13.1. The third-order valence-electron chi connectivity index (χ3n) is 5.68. The molecule has 3 N–H and O–H groups in total. The van der Waals surface area contributed by atoms with E-state index in [0.29, 0.717) is 28.1 Å². The molecular formula is C29H22N2O5. The van der Waals surface area contributed by atoms with Gasteiger partial charge in [0.25, 0.3) is 11.8 Å². The van der Waals surface area contributed by atoms with Crippen LogP contribution in [-0.4, -0.2) is 23.6 Å². The van der Waals surface area contributed by atoms with Crippen LogP contribution in [0.4, 0.5) is 5.69 Å². The predicted octanol–water partition coefficient (Wildman–Crippen LogP) is 5.81. The third kappa shape index (κ3) is 4.96. The molecule has 2 amide bonds. The van der Waals surface area contributed by atoms with Gasteiger partial charge in [-0.05, 0) is 60.2 Å². The number of hydrogen-bond acceptors (Lipinski definition) is 5. The Hall–Kier alpha value is -4.88. The van der Waals surface area contributed by atoms with Gasteiger partial charge in [-0.1, -0.05) is 48.5 Å². The molecule has 0 saturated heterocycles. The number of benzene rings is 4. The smallest absolute Gasteiger partial charge is 0.274 e. The van der Waals surface area contributed by atoms with Crippen molar-refractivity contribution in [3.8, 4) is 5.75 Å². The van der Waals surface area contributed by atoms with Gasteiger partial charge in [-0.25, -0.2) is 5.48 Å². The second-order valence-corrected chi connectivity index (χ2v) is 8.10. The van der Waals surface area contributed by atoms with Gasteiger partial charge >= 0.3 is 0 Å². The summed E-state index contributed by atoms with van der Waals surface area (Å²) in [6.45, 7) is 0.0127. The highest BCUT2D eigenvalue weighted by molar-refractivity contribution is 6.07. The Morgan fingerprint density at radius 1 is 0.833 bits per heavy atom. The maximum Gasteiger partial charge on any atom is 0.274 e. The average molecular weight is 479 g/mol. The fraction of sp³-hybridized carbons (Fsp3) is 0.0345. The van der Waals surface area contributed by atoms with Crippen LogP contribution in [0.25, 0.3) is 28.0 Å². The molecule has 0 aliphatic carbocycles. The van der Waals surface area contributed by atoms with Crippen LogP contribution in [0, 0.1) is 0 Å². The second kappa shape index (κ2) is 10.2. The molecular weight excluding hydrogens is 456 g/mol. The first-order valence-corrected chi connectivity index (χ1v) is 11.3. The van der Waals surface area contributed by atoms with Crippen molar-refractivity contribution in [2.45, 2.75) is 0 Å². The quantitative estimate of drug-likeness (QED) is 0.156. The lowest BCUT2D eigenvalue weighted by Crippen LogP contribution is -2.19. The average Bonchev–Trinajstić information content (AvgIpc) is 3.29. The van der Waals surface area contributed by atoms with Gasteiger partial charge < -0.3 is 14.5 Å². The van der Waals surface area contributed by atoms with E-state index in [1.54, 1.807) is 54.0 Å². The number of para-hydroxylation sites is 2. The van der Waals surface area contributed by atoms with Gasteiger partial charge in [-0.3, -0.25) is 14.8 Å². The van der Waals surface area contributed by atoms with Crippen LogP contribution in [0.3, 0.4) is 0 Å². The minimum Gasteiger partial charge on any atom is -0.489 e. The highest BCUT2D eigenvalue weighted by atomic mass is 16.5. The van der Waals surface area contributed by atoms with E-state index in [0.717, 1.165) is 21.9 Å². The Kier molecular flexibility index (Phi) is 6.46. The normalized spacial score (nSPS) is 11.4. The van der Waals surface area contributed by atoms with Crippen LogP contribution < -0.4 is 15.5 Å². The molecule has 178 valence electrons. The molecule has 0 spiro atoms. The van der Waals surface area contributed by atoms with Crippen molar-refractivity contribution in [1.29, 1.82) is 0 Å². The van der Waals surface area contributed by atoms with Crippen molar-refractivity contribution in [2.75, 3.05) is 11.9 Å². The number of ether oxygens (including phenoxy) is 1. The zero-order valence-corrected chi connectivity index (χ0v) is 19.1. The Morgan fingerprint density at radius 2 is 1.56 bits per heavy atom. The number of nitrogens with one attached hydrogen (secondary N) is 2. The van der Waals surface area contributed by atoms with E-state index in [9.17, 15) is 9.59 Å². The molecule has 7 nitrogen and oxygen atoms in total. The number of carbonyl (C=O) groups is 2. The van der Waals surface area contributed by atoms with Crippen molar-refractivity contribution in [1.82, 2.24) is 5.48 Å². The van der Waals surface area contributed by atoms with Gasteiger partial charge in [0.15, 0.2) is 0 Å². The molecule has 0 unspecified atom stereocenters. The van der Waals surface area contributed by atoms with Gasteiger partial charge in [-0.15, -0.1) is 0 Å². The second-order valence-electron chi connectivity index (χ2n) is 8.10. The predicted molar refractivity (Wildman–Crippen MR) is 138 cm³/mol. The maximum atomic E-state index is 13.1. The summed E-state index contributed by atoms with van der Waals surface area (Å²) in [5.41, 5.74) is 5.19. The topological polar surface area (TPSA) is 101 Å². The molecule has 0 saturated carbocycles. The molecule has 0 aliphatic heterocycles. The van der Waals surface area contributed by atoms with Crippen LogP contribution in [-0.2, 0) is 4.79 Å². The summed E-state index contributed by atoms with van der Waals surface area (Å²) < 4.78 is 11.9. The highest BCUT2D eigenvalue weighted by Crippen LogP contribution is 2.31. The van der Waals surface area contributed by atoms with Gasteiger partial charge in [0.1, 0.15) is 23.5 Å². The monoisotopic (exact) mass is 478 g/mol. The Labute approximate surface area is 206 Å². The molecule has 0 bridgehead atoms. The summed E-state index contributed by atoms with van der Waals surface area (Å²) in [5, 5.41) is 13.6. The van der Waals surface area contributed by atoms with Gasteiger partial charge in [0, 0.05) is 22.0 Å². The molecule has 7 heteroatoms. The molecule has 0 atom stereocenters. The number of furan rings is 1. The van der Waals surface area contributed by atoms with Crippen molar-refractivity contribution >= 4 is 45.5 Å². The Morgan fingerprint density at radius 3 is 2.33 bits per heavy atom. The van der Waals surface area contributed by atoms with E-state index in [-0.39, 0.29) is 12.5 Å². The van der Waals surface area contributed by atoms with Crippen LogP contribution in [0.2, 0.25) is 0 Å². The van der Waals surface area contributed by atoms with Gasteiger partial charge in [0.05, 0.1) is 5.57 Å². The minimum absolute atomic E-state index is 0.0127. The molecule has 5 aromatic rings. The van der Waals surface area contributed by atoms with E-state index in [1.165, 1.54) is 0 Å². The Bertz CT molecular complexity index is 1570. The van der Waals surface area contributed by atoms with E-state index in [2.05, 4.69) is 5.32 Å². The van der Waals surface area contributed by atoms with E-state index >= 15 is 0 Å². The van der Waals surface area contributed by atoms with Crippen LogP contribution >= 0.6 is 0 Å². The van der Waals surface area contributed by atoms with E-state index in [4.69, 9.17) is 14.4 Å². The first kappa shape index (κ1) is 22.9. The van der Waals surface area contributed by atoms with E-state index < -0.39 is 5.91 Å². The van der Waals surface area contributed by atoms with Crippen LogP contribution in [0.1, 0.15) is 15.9 Å². The standard InChI is InChI=1S/C29H22N2O5/c32-28(30-22-6-2-1-3-7-22)21(16-19-10-12-20(13-11-19)29(33)31-34)18-35-23-14-15-27-25(17-23)24-8-4-5-9-26(24)36-27/h1-17,34H,18H2,(H,30,32)(H,31,33)/b21-16+. The zero-order valence-electron chi connectivity index (χ0n) is 19.1. The number of amides is 2. The molecule has 4 aromatic carbocycles. The largest absolute Gasteiger partial charge is 0.489 e. The van der Waals surface area contributed by atoms with Crippen molar-refractivity contribution < 1.29 is 24.0 Å². The summed E-state index contributed by atoms with van der Waals surface area (Å²) in [7, 11) is 0. The van der Waals surface area contributed by atoms with Crippen molar-refractivity contribution in [3.63, 3.8) is 0 Å². The molecule has 36 heavy (non-hydrogen) atoms. The summed E-state index contributed by atoms with van der Waals surface area (Å²) in [5.74, 6) is -0.325. The molecule has 0 fully saturated rings. The first-order valence-electron chi connectivity index (χ1n) is 11.3. The number of rotatable bonds is 7. The lowest BCUT2D eigenvalue weighted by Gasteiger charge is -2.12. The molecule has 0 aliphatic rings. The van der Waals surface area contributed by atoms with Gasteiger partial charge in [-0.2, -0.15) is 0 Å². The van der Waals surface area contributed by atoms with Gasteiger partial charge in [0.2, 0.25) is 0 Å². The lowest BCUT2D eigenvalue weighted by molar-refractivity contribution is -0.113. The number of carbonyl (C=O) groups excluding carboxylic acids is 2. The summed E-state index contributed by atoms with van der Waals surface area (Å²) >= 11 is 0. The summed E-state index contributed by atoms with van der Waals surface area (Å²) in [4.78, 5) is 24.7. The Balaban J connectivity index is 1.41. The fourth-order valence-corrected chi connectivity index (χ4v) is 3.86. The number of hydrogen-bond donors (Lipinski definition) is 3. The fourth-order valence-electron chi connectivity index (χ4n) is 3.86. The molecule has 5 rings (SSSR count). The lowest BCUT2D eigenvalue weighted by atomic mass is 10.1. The summed E-state index contributed by atoms with van der Waals surface area (Å²) in [6, 6.07) is 29.0. The molecule has 0 radical (unpaired) electrons. The number of hydroxylamine groups is 1. The molecule has 1 heterocycles. The van der Waals surface area contributed by atoms with Crippen LogP contribution in [0.15, 0.2) is 107 Å². The van der Waals surface area contributed by atoms with Crippen molar-refractivity contribution in [3.05, 3.63) is 114 Å². The third-order valence-corrected chi connectivity index (χ3v) is 5.68. The minimum atomic E-state index is -0.613. The highest BCUT2D eigenvalue weighted by Gasteiger charge is 2.13. The number of fused-ring (bicyclic) bond motifs is 3. The number of anilines is 1. The summed E-state index contributed by atoms with van der Waals surface area (Å²) in [6.07, 6.45) is 1.70. The molecule has 1 aromatic heterocycles. The zero-order chi connectivity index (χ0) is 24.9. The van der Waals surface area contributed by atoms with Crippen molar-refractivity contribution in [2.24, 2.45) is 0 Å².